The first-order valence-corrected chi connectivity index (χ1v) is 14.7. The van der Waals surface area contributed by atoms with E-state index in [4.69, 9.17) is 13.9 Å². The van der Waals surface area contributed by atoms with Gasteiger partial charge in [-0.15, -0.1) is 0 Å². The predicted molar refractivity (Wildman–Crippen MR) is 155 cm³/mol. The number of rotatable bonds is 9. The third-order valence-corrected chi connectivity index (χ3v) is 8.47. The van der Waals surface area contributed by atoms with Crippen LogP contribution < -0.4 is 4.74 Å². The summed E-state index contributed by atoms with van der Waals surface area (Å²) in [5.41, 5.74) is 4.68. The average Bonchev–Trinajstić information content (AvgIpc) is 3.75. The van der Waals surface area contributed by atoms with Crippen molar-refractivity contribution in [3.8, 4) is 5.75 Å². The van der Waals surface area contributed by atoms with Crippen molar-refractivity contribution in [2.45, 2.75) is 38.8 Å². The molecular formula is C33H39N3O5. The molecule has 0 unspecified atom stereocenters. The normalized spacial score (nSPS) is 19.2. The zero-order valence-electron chi connectivity index (χ0n) is 24.0. The molecule has 0 radical (unpaired) electrons. The first kappa shape index (κ1) is 27.5. The standard InChI is InChI=1S/C33H39N3O5/c1-23-3-5-25(6-4-23)31-29-21-27(10-9-24(29)13-14-36(31)32(37)26-7-8-26)40-22-28-11-12-30(41-28)33(38)35-17-15-34(16-18-35)19-20-39-2/h3-6,9-12,21,26,31H,7-8,13-20,22H2,1-2H3/t31-/m1/s1. The molecule has 0 N–H and O–H groups in total. The summed E-state index contributed by atoms with van der Waals surface area (Å²) in [6.45, 7) is 7.61. The fraction of sp³-hybridized carbons (Fsp3) is 0.455. The topological polar surface area (TPSA) is 75.5 Å². The molecule has 2 fully saturated rings. The summed E-state index contributed by atoms with van der Waals surface area (Å²) in [4.78, 5) is 32.5. The highest BCUT2D eigenvalue weighted by Gasteiger charge is 2.39. The van der Waals surface area contributed by atoms with Crippen LogP contribution in [-0.4, -0.2) is 79.5 Å². The molecule has 3 heterocycles. The summed E-state index contributed by atoms with van der Waals surface area (Å²) in [5.74, 6) is 2.00. The molecule has 41 heavy (non-hydrogen) atoms. The van der Waals surface area contributed by atoms with Crippen LogP contribution in [0, 0.1) is 12.8 Å². The SMILES string of the molecule is COCCN1CCN(C(=O)c2ccc(COc3ccc4c(c3)[C@@H](c3ccc(C)cc3)N(C(=O)C3CC3)CC4)o2)CC1. The van der Waals surface area contributed by atoms with Gasteiger partial charge in [0.25, 0.3) is 5.91 Å². The molecule has 2 aliphatic heterocycles. The molecule has 2 amide bonds. The molecule has 6 rings (SSSR count). The maximum Gasteiger partial charge on any atom is 0.289 e. The molecule has 1 saturated heterocycles. The maximum atomic E-state index is 13.3. The Balaban J connectivity index is 1.13. The van der Waals surface area contributed by atoms with Gasteiger partial charge in [0.1, 0.15) is 18.1 Å². The van der Waals surface area contributed by atoms with E-state index in [0.29, 0.717) is 31.2 Å². The number of piperazine rings is 1. The number of hydrogen-bond donors (Lipinski definition) is 0. The van der Waals surface area contributed by atoms with Gasteiger partial charge in [-0.05, 0) is 67.1 Å². The van der Waals surface area contributed by atoms with Gasteiger partial charge in [-0.1, -0.05) is 35.9 Å². The van der Waals surface area contributed by atoms with Crippen molar-refractivity contribution in [1.82, 2.24) is 14.7 Å². The van der Waals surface area contributed by atoms with Gasteiger partial charge in [-0.2, -0.15) is 0 Å². The van der Waals surface area contributed by atoms with Crippen LogP contribution in [0.1, 0.15) is 57.5 Å². The van der Waals surface area contributed by atoms with Crippen LogP contribution in [0.4, 0.5) is 0 Å². The monoisotopic (exact) mass is 557 g/mol. The fourth-order valence-electron chi connectivity index (χ4n) is 5.87. The first-order chi connectivity index (χ1) is 20.0. The van der Waals surface area contributed by atoms with E-state index in [9.17, 15) is 9.59 Å². The predicted octanol–water partition coefficient (Wildman–Crippen LogP) is 4.46. The molecule has 3 aromatic rings. The lowest BCUT2D eigenvalue weighted by molar-refractivity contribution is -0.134. The van der Waals surface area contributed by atoms with Gasteiger partial charge in [-0.25, -0.2) is 0 Å². The Kier molecular flexibility index (Phi) is 8.12. The van der Waals surface area contributed by atoms with Gasteiger partial charge >= 0.3 is 0 Å². The second-order valence-electron chi connectivity index (χ2n) is 11.4. The highest BCUT2D eigenvalue weighted by atomic mass is 16.5. The molecule has 8 nitrogen and oxygen atoms in total. The highest BCUT2D eigenvalue weighted by Crippen LogP contribution is 2.41. The molecular weight excluding hydrogens is 518 g/mol. The molecule has 8 heteroatoms. The van der Waals surface area contributed by atoms with Gasteiger partial charge in [0.05, 0.1) is 12.6 Å². The minimum Gasteiger partial charge on any atom is -0.486 e. The summed E-state index contributed by atoms with van der Waals surface area (Å²) < 4.78 is 17.2. The van der Waals surface area contributed by atoms with Crippen molar-refractivity contribution >= 4 is 11.8 Å². The van der Waals surface area contributed by atoms with E-state index in [2.05, 4.69) is 53.1 Å². The molecule has 1 saturated carbocycles. The van der Waals surface area contributed by atoms with Crippen molar-refractivity contribution in [2.24, 2.45) is 5.92 Å². The molecule has 2 aromatic carbocycles. The number of hydrogen-bond acceptors (Lipinski definition) is 6. The van der Waals surface area contributed by atoms with Gasteiger partial charge < -0.3 is 23.7 Å². The van der Waals surface area contributed by atoms with Crippen LogP contribution in [0.15, 0.2) is 59.0 Å². The molecule has 1 aliphatic carbocycles. The minimum absolute atomic E-state index is 0.0854. The van der Waals surface area contributed by atoms with Crippen LogP contribution in [0.2, 0.25) is 0 Å². The van der Waals surface area contributed by atoms with Crippen molar-refractivity contribution in [1.29, 1.82) is 0 Å². The highest BCUT2D eigenvalue weighted by molar-refractivity contribution is 5.91. The summed E-state index contributed by atoms with van der Waals surface area (Å²) in [6, 6.07) is 18.1. The zero-order valence-corrected chi connectivity index (χ0v) is 24.0. The third-order valence-electron chi connectivity index (χ3n) is 8.47. The van der Waals surface area contributed by atoms with E-state index < -0.39 is 0 Å². The number of carbonyl (C=O) groups excluding carboxylic acids is 2. The second kappa shape index (κ2) is 12.1. The van der Waals surface area contributed by atoms with Crippen LogP contribution in [0.5, 0.6) is 5.75 Å². The number of amides is 2. The lowest BCUT2D eigenvalue weighted by atomic mass is 9.87. The Morgan fingerprint density at radius 1 is 0.951 bits per heavy atom. The molecule has 1 aromatic heterocycles. The summed E-state index contributed by atoms with van der Waals surface area (Å²) >= 11 is 0. The summed E-state index contributed by atoms with van der Waals surface area (Å²) in [5, 5.41) is 0. The Bertz CT molecular complexity index is 1370. The average molecular weight is 558 g/mol. The number of nitrogens with zero attached hydrogens (tertiary/aromatic N) is 3. The van der Waals surface area contributed by atoms with Gasteiger partial charge in [0.2, 0.25) is 5.91 Å². The number of benzene rings is 2. The Hall–Kier alpha value is -3.62. The molecule has 3 aliphatic rings. The maximum absolute atomic E-state index is 13.3. The molecule has 0 bridgehead atoms. The van der Waals surface area contributed by atoms with Gasteiger partial charge in [-0.3, -0.25) is 14.5 Å². The number of aryl methyl sites for hydroxylation is 1. The Morgan fingerprint density at radius 2 is 1.73 bits per heavy atom. The largest absolute Gasteiger partial charge is 0.486 e. The van der Waals surface area contributed by atoms with E-state index in [0.717, 1.165) is 62.3 Å². The number of ether oxygens (including phenoxy) is 2. The summed E-state index contributed by atoms with van der Waals surface area (Å²) in [7, 11) is 1.71. The first-order valence-electron chi connectivity index (χ1n) is 14.7. The molecule has 1 atom stereocenters. The van der Waals surface area contributed by atoms with Gasteiger partial charge in [0, 0.05) is 52.3 Å². The quantitative estimate of drug-likeness (QED) is 0.387. The zero-order chi connectivity index (χ0) is 28.3. The smallest absolute Gasteiger partial charge is 0.289 e. The van der Waals surface area contributed by atoms with Crippen molar-refractivity contribution in [2.75, 3.05) is 53.0 Å². The number of furan rings is 1. The third kappa shape index (κ3) is 6.19. The van der Waals surface area contributed by atoms with Crippen LogP contribution in [-0.2, 0) is 22.6 Å². The van der Waals surface area contributed by atoms with Crippen LogP contribution in [0.25, 0.3) is 0 Å². The molecule has 216 valence electrons. The Morgan fingerprint density at radius 3 is 2.46 bits per heavy atom. The van der Waals surface area contributed by atoms with E-state index >= 15 is 0 Å². The fourth-order valence-corrected chi connectivity index (χ4v) is 5.87. The van der Waals surface area contributed by atoms with Crippen molar-refractivity contribution < 1.29 is 23.5 Å². The second-order valence-corrected chi connectivity index (χ2v) is 11.4. The lowest BCUT2D eigenvalue weighted by Gasteiger charge is -2.38. The number of methoxy groups -OCH3 is 1. The van der Waals surface area contributed by atoms with Crippen LogP contribution in [0.3, 0.4) is 0 Å². The lowest BCUT2D eigenvalue weighted by Crippen LogP contribution is -2.49. The Labute approximate surface area is 241 Å². The molecule has 0 spiro atoms. The summed E-state index contributed by atoms with van der Waals surface area (Å²) in [6.07, 6.45) is 2.81. The minimum atomic E-state index is -0.126. The van der Waals surface area contributed by atoms with E-state index in [1.54, 1.807) is 13.2 Å². The van der Waals surface area contributed by atoms with E-state index in [1.807, 2.05) is 17.0 Å². The number of carbonyl (C=O) groups is 2. The van der Waals surface area contributed by atoms with Crippen LogP contribution >= 0.6 is 0 Å². The van der Waals surface area contributed by atoms with Crippen molar-refractivity contribution in [3.05, 3.63) is 88.4 Å². The van der Waals surface area contributed by atoms with E-state index in [1.165, 1.54) is 11.1 Å². The number of fused-ring (bicyclic) bond motifs is 1. The van der Waals surface area contributed by atoms with Crippen molar-refractivity contribution in [3.63, 3.8) is 0 Å². The van der Waals surface area contributed by atoms with E-state index in [-0.39, 0.29) is 30.4 Å². The van der Waals surface area contributed by atoms with Gasteiger partial charge in [0.15, 0.2) is 5.76 Å².